The van der Waals surface area contributed by atoms with Crippen LogP contribution < -0.4 is 0 Å². The number of benzene rings is 1. The van der Waals surface area contributed by atoms with Crippen LogP contribution >= 0.6 is 11.6 Å². The Balaban J connectivity index is 2.35. The van der Waals surface area contributed by atoms with E-state index in [1.807, 2.05) is 0 Å². The van der Waals surface area contributed by atoms with Crippen LogP contribution in [0.4, 0.5) is 13.2 Å². The largest absolute Gasteiger partial charge is 0.411 e. The molecule has 0 N–H and O–H groups in total. The molecule has 0 atom stereocenters. The molecule has 94 valence electrons. The molecule has 0 heterocycles. The number of carbonyl (C=O) groups is 1. The molecule has 0 fully saturated rings. The van der Waals surface area contributed by atoms with Crippen molar-refractivity contribution in [2.45, 2.75) is 12.6 Å². The third kappa shape index (κ3) is 6.28. The van der Waals surface area contributed by atoms with Crippen LogP contribution in [0, 0.1) is 0 Å². The van der Waals surface area contributed by atoms with Crippen molar-refractivity contribution in [1.82, 2.24) is 0 Å². The van der Waals surface area contributed by atoms with Crippen molar-refractivity contribution in [3.8, 4) is 0 Å². The maximum atomic E-state index is 11.7. The van der Waals surface area contributed by atoms with Gasteiger partial charge in [-0.05, 0) is 17.7 Å². The van der Waals surface area contributed by atoms with Gasteiger partial charge in [0.25, 0.3) is 0 Å². The van der Waals surface area contributed by atoms with Crippen LogP contribution in [-0.2, 0) is 16.0 Å². The number of alkyl halides is 3. The standard InChI is InChI=1S/C11H10ClF3O2/c12-9-3-1-2-8(4-9)5-10(16)6-17-7-11(13,14)15/h1-4H,5-7H2. The molecule has 0 bridgehead atoms. The monoisotopic (exact) mass is 266 g/mol. The van der Waals surface area contributed by atoms with Crippen LogP contribution in [0.15, 0.2) is 24.3 Å². The van der Waals surface area contributed by atoms with Gasteiger partial charge in [0.15, 0.2) is 5.78 Å². The summed E-state index contributed by atoms with van der Waals surface area (Å²) in [7, 11) is 0. The molecule has 6 heteroatoms. The van der Waals surface area contributed by atoms with E-state index >= 15 is 0 Å². The molecular formula is C11H10ClF3O2. The van der Waals surface area contributed by atoms with E-state index in [1.54, 1.807) is 24.3 Å². The fraction of sp³-hybridized carbons (Fsp3) is 0.364. The van der Waals surface area contributed by atoms with E-state index in [9.17, 15) is 18.0 Å². The van der Waals surface area contributed by atoms with E-state index in [0.29, 0.717) is 10.6 Å². The molecule has 0 saturated carbocycles. The normalized spacial score (nSPS) is 11.5. The highest BCUT2D eigenvalue weighted by Crippen LogP contribution is 2.15. The Hall–Kier alpha value is -1.07. The Morgan fingerprint density at radius 1 is 1.35 bits per heavy atom. The van der Waals surface area contributed by atoms with Gasteiger partial charge in [0.1, 0.15) is 13.2 Å². The smallest absolute Gasteiger partial charge is 0.364 e. The van der Waals surface area contributed by atoms with Gasteiger partial charge in [-0.2, -0.15) is 13.2 Å². The molecule has 0 unspecified atom stereocenters. The predicted octanol–water partition coefficient (Wildman–Crippen LogP) is 3.03. The van der Waals surface area contributed by atoms with Gasteiger partial charge >= 0.3 is 6.18 Å². The molecule has 0 radical (unpaired) electrons. The molecule has 1 aromatic rings. The molecule has 17 heavy (non-hydrogen) atoms. The summed E-state index contributed by atoms with van der Waals surface area (Å²) in [6, 6.07) is 6.58. The summed E-state index contributed by atoms with van der Waals surface area (Å²) in [5, 5.41) is 0.478. The Kier molecular flexibility index (Phi) is 4.96. The second-order valence-corrected chi connectivity index (χ2v) is 3.89. The van der Waals surface area contributed by atoms with Gasteiger partial charge in [-0.25, -0.2) is 0 Å². The lowest BCUT2D eigenvalue weighted by Crippen LogP contribution is -2.21. The van der Waals surface area contributed by atoms with Crippen LogP contribution in [0.5, 0.6) is 0 Å². The van der Waals surface area contributed by atoms with Crippen LogP contribution in [0.2, 0.25) is 5.02 Å². The molecule has 0 aliphatic carbocycles. The first-order valence-electron chi connectivity index (χ1n) is 4.77. The van der Waals surface area contributed by atoms with E-state index in [-0.39, 0.29) is 6.42 Å². The SMILES string of the molecule is O=C(COCC(F)(F)F)Cc1cccc(Cl)c1. The van der Waals surface area contributed by atoms with Crippen molar-refractivity contribution in [1.29, 1.82) is 0 Å². The maximum absolute atomic E-state index is 11.7. The van der Waals surface area contributed by atoms with Gasteiger partial charge in [0, 0.05) is 11.4 Å². The average Bonchev–Trinajstić information content (AvgIpc) is 2.15. The van der Waals surface area contributed by atoms with Crippen LogP contribution in [0.3, 0.4) is 0 Å². The Bertz CT molecular complexity index is 391. The van der Waals surface area contributed by atoms with Crippen LogP contribution in [-0.4, -0.2) is 25.2 Å². The van der Waals surface area contributed by atoms with E-state index in [4.69, 9.17) is 11.6 Å². The summed E-state index contributed by atoms with van der Waals surface area (Å²) in [6.07, 6.45) is -4.39. The summed E-state index contributed by atoms with van der Waals surface area (Å²) in [4.78, 5) is 11.3. The zero-order chi connectivity index (χ0) is 12.9. The number of hydrogen-bond acceptors (Lipinski definition) is 2. The minimum Gasteiger partial charge on any atom is -0.364 e. The summed E-state index contributed by atoms with van der Waals surface area (Å²) in [6.45, 7) is -1.96. The highest BCUT2D eigenvalue weighted by Gasteiger charge is 2.27. The number of carbonyl (C=O) groups excluding carboxylic acids is 1. The number of ether oxygens (including phenoxy) is 1. The molecule has 0 amide bonds. The molecule has 0 aromatic heterocycles. The summed E-state index contributed by atoms with van der Waals surface area (Å²) >= 11 is 5.70. The van der Waals surface area contributed by atoms with Crippen LogP contribution in [0.1, 0.15) is 5.56 Å². The topological polar surface area (TPSA) is 26.3 Å². The zero-order valence-electron chi connectivity index (χ0n) is 8.76. The number of Topliss-reactive ketones (excluding diaryl/α,β-unsaturated/α-hetero) is 1. The second kappa shape index (κ2) is 6.02. The quantitative estimate of drug-likeness (QED) is 0.819. The van der Waals surface area contributed by atoms with Gasteiger partial charge in [-0.15, -0.1) is 0 Å². The number of rotatable bonds is 5. The Labute approximate surface area is 101 Å². The van der Waals surface area contributed by atoms with Crippen molar-refractivity contribution in [3.63, 3.8) is 0 Å². The minimum absolute atomic E-state index is 0.0123. The van der Waals surface area contributed by atoms with Gasteiger partial charge in [-0.3, -0.25) is 4.79 Å². The van der Waals surface area contributed by atoms with Gasteiger partial charge in [0.05, 0.1) is 0 Å². The molecule has 0 aliphatic heterocycles. The maximum Gasteiger partial charge on any atom is 0.411 e. The molecule has 1 rings (SSSR count). The van der Waals surface area contributed by atoms with Gasteiger partial charge in [-0.1, -0.05) is 23.7 Å². The summed E-state index contributed by atoms with van der Waals surface area (Å²) in [5.74, 6) is -0.420. The lowest BCUT2D eigenvalue weighted by molar-refractivity contribution is -0.175. The first-order valence-corrected chi connectivity index (χ1v) is 5.15. The highest BCUT2D eigenvalue weighted by molar-refractivity contribution is 6.30. The van der Waals surface area contributed by atoms with Gasteiger partial charge in [0.2, 0.25) is 0 Å². The number of halogens is 4. The molecule has 0 spiro atoms. The lowest BCUT2D eigenvalue weighted by atomic mass is 10.1. The third-order valence-corrected chi connectivity index (χ3v) is 2.05. The van der Waals surface area contributed by atoms with E-state index < -0.39 is 25.2 Å². The highest BCUT2D eigenvalue weighted by atomic mass is 35.5. The average molecular weight is 267 g/mol. The fourth-order valence-electron chi connectivity index (χ4n) is 1.21. The Morgan fingerprint density at radius 2 is 2.06 bits per heavy atom. The lowest BCUT2D eigenvalue weighted by Gasteiger charge is -2.07. The predicted molar refractivity (Wildman–Crippen MR) is 57.0 cm³/mol. The van der Waals surface area contributed by atoms with Crippen molar-refractivity contribution >= 4 is 17.4 Å². The molecular weight excluding hydrogens is 257 g/mol. The van der Waals surface area contributed by atoms with E-state index in [1.165, 1.54) is 0 Å². The first kappa shape index (κ1) is 14.0. The van der Waals surface area contributed by atoms with E-state index in [2.05, 4.69) is 4.74 Å². The minimum atomic E-state index is -4.41. The molecule has 0 aliphatic rings. The van der Waals surface area contributed by atoms with Crippen molar-refractivity contribution in [2.24, 2.45) is 0 Å². The van der Waals surface area contributed by atoms with Crippen molar-refractivity contribution in [2.75, 3.05) is 13.2 Å². The molecule has 1 aromatic carbocycles. The molecule has 0 saturated heterocycles. The first-order chi connectivity index (χ1) is 7.87. The summed E-state index contributed by atoms with van der Waals surface area (Å²) in [5.41, 5.74) is 0.651. The van der Waals surface area contributed by atoms with Crippen molar-refractivity contribution in [3.05, 3.63) is 34.9 Å². The second-order valence-electron chi connectivity index (χ2n) is 3.45. The third-order valence-electron chi connectivity index (χ3n) is 1.82. The number of ketones is 1. The summed E-state index contributed by atoms with van der Waals surface area (Å²) < 4.78 is 39.5. The fourth-order valence-corrected chi connectivity index (χ4v) is 1.42. The van der Waals surface area contributed by atoms with Crippen LogP contribution in [0.25, 0.3) is 0 Å². The Morgan fingerprint density at radius 3 is 2.65 bits per heavy atom. The number of hydrogen-bond donors (Lipinski definition) is 0. The van der Waals surface area contributed by atoms with Crippen molar-refractivity contribution < 1.29 is 22.7 Å². The zero-order valence-corrected chi connectivity index (χ0v) is 9.52. The van der Waals surface area contributed by atoms with E-state index in [0.717, 1.165) is 0 Å². The van der Waals surface area contributed by atoms with Gasteiger partial charge < -0.3 is 4.74 Å². The molecule has 2 nitrogen and oxygen atoms in total.